The number of nitrogens with two attached hydrogens (primary N) is 1. The first-order valence-electron chi connectivity index (χ1n) is 8.93. The molecule has 170 valence electrons. The summed E-state index contributed by atoms with van der Waals surface area (Å²) in [5, 5.41) is 2.48. The number of nitrogens with one attached hydrogen (secondary N) is 1. The molecule has 0 radical (unpaired) electrons. The Balaban J connectivity index is 3.35. The molecule has 0 aliphatic carbocycles. The van der Waals surface area contributed by atoms with Crippen LogP contribution in [0.1, 0.15) is 27.7 Å². The molecule has 1 fully saturated rings. The molecule has 0 spiro atoms. The van der Waals surface area contributed by atoms with Gasteiger partial charge < -0.3 is 34.7 Å². The summed E-state index contributed by atoms with van der Waals surface area (Å²) in [7, 11) is 0. The highest BCUT2D eigenvalue weighted by atomic mass is 32.1. The number of ether oxygens (including phenoxy) is 5. The van der Waals surface area contributed by atoms with Crippen LogP contribution in [0.5, 0.6) is 0 Å². The molecule has 13 heteroatoms. The van der Waals surface area contributed by atoms with E-state index in [9.17, 15) is 24.0 Å². The third-order valence-corrected chi connectivity index (χ3v) is 4.22. The van der Waals surface area contributed by atoms with Gasteiger partial charge in [-0.3, -0.25) is 24.0 Å². The standard InChI is InChI=1S/C17H26N2O10S/c1-7(20)25-5-12-14(26-8(2)21)15(27-9(3)22)13(17(29-12)28-10(4)23)19-16(24)11(18)6-30/h11-15,17,30H,5-6,18H2,1-4H3,(H,19,24)/t11-,12+,13+,14+,15+,17+/m0/s1. The summed E-state index contributed by atoms with van der Waals surface area (Å²) in [6.07, 6.45) is -5.27. The smallest absolute Gasteiger partial charge is 0.305 e. The lowest BCUT2D eigenvalue weighted by atomic mass is 9.95. The van der Waals surface area contributed by atoms with Gasteiger partial charge in [-0.2, -0.15) is 12.6 Å². The van der Waals surface area contributed by atoms with Crippen LogP contribution in [0.3, 0.4) is 0 Å². The molecule has 0 saturated carbocycles. The molecular weight excluding hydrogens is 424 g/mol. The molecule has 0 unspecified atom stereocenters. The van der Waals surface area contributed by atoms with Gasteiger partial charge in [0, 0.05) is 33.4 Å². The van der Waals surface area contributed by atoms with Crippen molar-refractivity contribution in [3.8, 4) is 0 Å². The zero-order valence-corrected chi connectivity index (χ0v) is 17.9. The molecule has 0 aromatic rings. The van der Waals surface area contributed by atoms with Crippen molar-refractivity contribution < 1.29 is 47.7 Å². The van der Waals surface area contributed by atoms with Crippen LogP contribution in [0.4, 0.5) is 0 Å². The summed E-state index contributed by atoms with van der Waals surface area (Å²) in [5.41, 5.74) is 5.66. The zero-order valence-electron chi connectivity index (χ0n) is 17.0. The SMILES string of the molecule is CC(=O)OC[C@H]1O[C@@H](OC(C)=O)[C@H](NC(=O)[C@@H](N)CS)[C@@H](OC(C)=O)[C@@H]1OC(C)=O. The third kappa shape index (κ3) is 7.80. The first-order chi connectivity index (χ1) is 14.0. The van der Waals surface area contributed by atoms with Gasteiger partial charge in [0.05, 0.1) is 6.04 Å². The van der Waals surface area contributed by atoms with E-state index >= 15 is 0 Å². The molecule has 3 N–H and O–H groups in total. The fourth-order valence-corrected chi connectivity index (χ4v) is 2.84. The summed E-state index contributed by atoms with van der Waals surface area (Å²) < 4.78 is 26.2. The molecule has 12 nitrogen and oxygen atoms in total. The van der Waals surface area contributed by atoms with E-state index in [1.807, 2.05) is 0 Å². The normalized spacial score (nSPS) is 26.7. The van der Waals surface area contributed by atoms with E-state index in [0.29, 0.717) is 0 Å². The van der Waals surface area contributed by atoms with Crippen LogP contribution in [-0.2, 0) is 47.7 Å². The minimum Gasteiger partial charge on any atom is -0.463 e. The van der Waals surface area contributed by atoms with Crippen molar-refractivity contribution in [2.75, 3.05) is 12.4 Å². The van der Waals surface area contributed by atoms with E-state index in [2.05, 4.69) is 17.9 Å². The Bertz CT molecular complexity index is 673. The fourth-order valence-electron chi connectivity index (χ4n) is 2.67. The number of amides is 1. The molecule has 1 rings (SSSR count). The number of hydrogen-bond acceptors (Lipinski definition) is 12. The molecule has 0 bridgehead atoms. The molecule has 6 atom stereocenters. The van der Waals surface area contributed by atoms with Gasteiger partial charge in [-0.15, -0.1) is 0 Å². The van der Waals surface area contributed by atoms with Gasteiger partial charge in [0.1, 0.15) is 18.8 Å². The largest absolute Gasteiger partial charge is 0.463 e. The Kier molecular flexibility index (Phi) is 10.0. The Hall–Kier alpha value is -2.38. The molecule has 30 heavy (non-hydrogen) atoms. The lowest BCUT2D eigenvalue weighted by molar-refractivity contribution is -0.271. The average Bonchev–Trinajstić information content (AvgIpc) is 2.62. The molecule has 1 amide bonds. The van der Waals surface area contributed by atoms with Gasteiger partial charge in [0.15, 0.2) is 12.2 Å². The molecule has 1 saturated heterocycles. The highest BCUT2D eigenvalue weighted by Gasteiger charge is 2.52. The molecule has 1 aliphatic rings. The van der Waals surface area contributed by atoms with Gasteiger partial charge >= 0.3 is 23.9 Å². The summed E-state index contributed by atoms with van der Waals surface area (Å²) >= 11 is 3.95. The quantitative estimate of drug-likeness (QED) is 0.222. The first kappa shape index (κ1) is 25.7. The molecule has 0 aromatic heterocycles. The molecule has 1 aliphatic heterocycles. The Labute approximate surface area is 178 Å². The van der Waals surface area contributed by atoms with Crippen molar-refractivity contribution in [2.45, 2.75) is 64.4 Å². The summed E-state index contributed by atoms with van der Waals surface area (Å²) in [4.78, 5) is 58.5. The number of hydrogen-bond donors (Lipinski definition) is 3. The monoisotopic (exact) mass is 450 g/mol. The number of rotatable bonds is 8. The van der Waals surface area contributed by atoms with Gasteiger partial charge in [-0.25, -0.2) is 0 Å². The third-order valence-electron chi connectivity index (χ3n) is 3.83. The average molecular weight is 450 g/mol. The Morgan fingerprint density at radius 2 is 1.47 bits per heavy atom. The molecule has 0 aromatic carbocycles. The van der Waals surface area contributed by atoms with Crippen LogP contribution < -0.4 is 11.1 Å². The van der Waals surface area contributed by atoms with Crippen LogP contribution in [0.25, 0.3) is 0 Å². The summed E-state index contributed by atoms with van der Waals surface area (Å²) in [6, 6.07) is -2.32. The minimum absolute atomic E-state index is 0.00166. The van der Waals surface area contributed by atoms with Crippen LogP contribution in [-0.4, -0.2) is 78.8 Å². The van der Waals surface area contributed by atoms with E-state index in [1.165, 1.54) is 0 Å². The van der Waals surface area contributed by atoms with E-state index in [0.717, 1.165) is 27.7 Å². The predicted molar refractivity (Wildman–Crippen MR) is 102 cm³/mol. The molecular formula is C17H26N2O10S. The lowest BCUT2D eigenvalue weighted by Gasteiger charge is -2.44. The summed E-state index contributed by atoms with van der Waals surface area (Å²) in [5.74, 6) is -3.65. The number of thiol groups is 1. The van der Waals surface area contributed by atoms with Gasteiger partial charge in [-0.1, -0.05) is 0 Å². The minimum atomic E-state index is -1.46. The molecule has 1 heterocycles. The summed E-state index contributed by atoms with van der Waals surface area (Å²) in [6.45, 7) is 4.05. The van der Waals surface area contributed by atoms with Crippen LogP contribution in [0, 0.1) is 0 Å². The van der Waals surface area contributed by atoms with E-state index in [1.54, 1.807) is 0 Å². The number of carbonyl (C=O) groups excluding carboxylic acids is 5. The maximum atomic E-state index is 12.3. The van der Waals surface area contributed by atoms with Crippen LogP contribution in [0.15, 0.2) is 0 Å². The van der Waals surface area contributed by atoms with Crippen molar-refractivity contribution in [1.29, 1.82) is 0 Å². The van der Waals surface area contributed by atoms with Gasteiger partial charge in [0.2, 0.25) is 12.2 Å². The van der Waals surface area contributed by atoms with Crippen molar-refractivity contribution in [3.63, 3.8) is 0 Å². The van der Waals surface area contributed by atoms with E-state index in [4.69, 9.17) is 29.4 Å². The zero-order chi connectivity index (χ0) is 23.0. The second-order valence-corrected chi connectivity index (χ2v) is 6.79. The van der Waals surface area contributed by atoms with Crippen molar-refractivity contribution in [1.82, 2.24) is 5.32 Å². The van der Waals surface area contributed by atoms with E-state index in [-0.39, 0.29) is 5.75 Å². The maximum absolute atomic E-state index is 12.3. The van der Waals surface area contributed by atoms with Crippen molar-refractivity contribution >= 4 is 42.4 Å². The van der Waals surface area contributed by atoms with Crippen molar-refractivity contribution in [3.05, 3.63) is 0 Å². The highest BCUT2D eigenvalue weighted by molar-refractivity contribution is 7.80. The van der Waals surface area contributed by atoms with Gasteiger partial charge in [0.25, 0.3) is 0 Å². The van der Waals surface area contributed by atoms with Crippen LogP contribution in [0.2, 0.25) is 0 Å². The highest BCUT2D eigenvalue weighted by Crippen LogP contribution is 2.28. The lowest BCUT2D eigenvalue weighted by Crippen LogP contribution is -2.68. The predicted octanol–water partition coefficient (Wildman–Crippen LogP) is -1.56. The number of esters is 4. The van der Waals surface area contributed by atoms with E-state index < -0.39 is 73.1 Å². The van der Waals surface area contributed by atoms with Crippen molar-refractivity contribution in [2.24, 2.45) is 5.73 Å². The second-order valence-electron chi connectivity index (χ2n) is 6.43. The Morgan fingerprint density at radius 1 is 0.933 bits per heavy atom. The van der Waals surface area contributed by atoms with Gasteiger partial charge in [-0.05, 0) is 0 Å². The van der Waals surface area contributed by atoms with Crippen LogP contribution >= 0.6 is 12.6 Å². The maximum Gasteiger partial charge on any atom is 0.305 e. The Morgan fingerprint density at radius 3 is 1.93 bits per heavy atom. The second kappa shape index (κ2) is 11.7. The fraction of sp³-hybridized carbons (Fsp3) is 0.706. The first-order valence-corrected chi connectivity index (χ1v) is 9.56. The number of carbonyl (C=O) groups is 5. The topological polar surface area (TPSA) is 170 Å².